The lowest BCUT2D eigenvalue weighted by Crippen LogP contribution is -2.46. The Kier molecular flexibility index (Phi) is 9.25. The van der Waals surface area contributed by atoms with Gasteiger partial charge in [-0.1, -0.05) is 6.92 Å². The third-order valence-electron chi connectivity index (χ3n) is 4.06. The molecule has 1 amide bonds. The normalized spacial score (nSPS) is 18.1. The number of likely N-dealkylation sites (N-methyl/N-ethyl adjacent to an activating group) is 1. The lowest BCUT2D eigenvalue weighted by atomic mass is 10.0. The highest BCUT2D eigenvalue weighted by Crippen LogP contribution is 2.29. The first-order chi connectivity index (χ1) is 12.2. The Bertz CT molecular complexity index is 650. The SMILES string of the molecule is CC1CCCN(C(=NCC(=O)N(C)C)NCc2nc(C(F)(F)F)cs2)C1.I. The van der Waals surface area contributed by atoms with Crippen LogP contribution in [0.4, 0.5) is 13.2 Å². The standard InChI is InChI=1S/C16H24F3N5OS.HI/c1-11-5-4-6-24(9-11)15(21-8-14(25)23(2)3)20-7-13-22-12(10-26-13)16(17,18)19;/h10-11H,4-9H2,1-3H3,(H,20,21);1H. The Labute approximate surface area is 178 Å². The molecular formula is C16H25F3IN5OS. The first-order valence-corrected chi connectivity index (χ1v) is 9.29. The van der Waals surface area contributed by atoms with Crippen molar-refractivity contribution >= 4 is 47.2 Å². The molecule has 1 fully saturated rings. The fourth-order valence-corrected chi connectivity index (χ4v) is 3.35. The summed E-state index contributed by atoms with van der Waals surface area (Å²) in [6.07, 6.45) is -2.30. The molecule has 1 aliphatic heterocycles. The summed E-state index contributed by atoms with van der Waals surface area (Å²) in [4.78, 5) is 23.3. The van der Waals surface area contributed by atoms with E-state index in [1.165, 1.54) is 4.90 Å². The lowest BCUT2D eigenvalue weighted by molar-refractivity contribution is -0.140. The molecule has 1 saturated heterocycles. The summed E-state index contributed by atoms with van der Waals surface area (Å²) >= 11 is 0.953. The van der Waals surface area contributed by atoms with Crippen molar-refractivity contribution in [2.24, 2.45) is 10.9 Å². The van der Waals surface area contributed by atoms with Crippen molar-refractivity contribution in [2.75, 3.05) is 33.7 Å². The van der Waals surface area contributed by atoms with E-state index in [-0.39, 0.29) is 43.0 Å². The van der Waals surface area contributed by atoms with E-state index in [9.17, 15) is 18.0 Å². The zero-order valence-corrected chi connectivity index (χ0v) is 18.7. The molecule has 0 aliphatic carbocycles. The van der Waals surface area contributed by atoms with Gasteiger partial charge in [-0.15, -0.1) is 35.3 Å². The van der Waals surface area contributed by atoms with Crippen LogP contribution in [0.1, 0.15) is 30.5 Å². The van der Waals surface area contributed by atoms with Gasteiger partial charge in [-0.2, -0.15) is 13.2 Å². The number of nitrogens with one attached hydrogen (secondary N) is 1. The summed E-state index contributed by atoms with van der Waals surface area (Å²) in [5.41, 5.74) is -0.882. The molecule has 0 aromatic carbocycles. The van der Waals surface area contributed by atoms with Crippen LogP contribution >= 0.6 is 35.3 Å². The molecule has 1 unspecified atom stereocenters. The summed E-state index contributed by atoms with van der Waals surface area (Å²) in [7, 11) is 3.31. The number of hydrogen-bond donors (Lipinski definition) is 1. The molecule has 1 N–H and O–H groups in total. The second-order valence-electron chi connectivity index (χ2n) is 6.60. The number of aliphatic imine (C=N–C) groups is 1. The van der Waals surface area contributed by atoms with Gasteiger partial charge in [-0.05, 0) is 18.8 Å². The fraction of sp³-hybridized carbons (Fsp3) is 0.688. The number of hydrogen-bond acceptors (Lipinski definition) is 4. The minimum Gasteiger partial charge on any atom is -0.350 e. The van der Waals surface area contributed by atoms with Crippen molar-refractivity contribution in [1.82, 2.24) is 20.1 Å². The van der Waals surface area contributed by atoms with Gasteiger partial charge in [-0.3, -0.25) is 4.79 Å². The van der Waals surface area contributed by atoms with Crippen LogP contribution in [0.15, 0.2) is 10.4 Å². The van der Waals surface area contributed by atoms with E-state index in [1.807, 2.05) is 0 Å². The highest BCUT2D eigenvalue weighted by atomic mass is 127. The van der Waals surface area contributed by atoms with Gasteiger partial charge in [0, 0.05) is 32.6 Å². The number of rotatable bonds is 4. The molecule has 0 radical (unpaired) electrons. The maximum absolute atomic E-state index is 12.7. The molecule has 1 aromatic rings. The highest BCUT2D eigenvalue weighted by molar-refractivity contribution is 14.0. The van der Waals surface area contributed by atoms with Gasteiger partial charge in [0.1, 0.15) is 11.6 Å². The van der Waals surface area contributed by atoms with E-state index in [4.69, 9.17) is 0 Å². The summed E-state index contributed by atoms with van der Waals surface area (Å²) in [5, 5.41) is 4.41. The Morgan fingerprint density at radius 2 is 2.19 bits per heavy atom. The van der Waals surface area contributed by atoms with E-state index in [2.05, 4.69) is 27.1 Å². The molecule has 1 atom stereocenters. The van der Waals surface area contributed by atoms with Crippen LogP contribution in [-0.2, 0) is 17.5 Å². The zero-order chi connectivity index (χ0) is 19.3. The minimum absolute atomic E-state index is 0. The molecule has 1 aliphatic rings. The van der Waals surface area contributed by atoms with Crippen molar-refractivity contribution in [2.45, 2.75) is 32.5 Å². The van der Waals surface area contributed by atoms with Crippen LogP contribution in [0.5, 0.6) is 0 Å². The van der Waals surface area contributed by atoms with Gasteiger partial charge in [0.05, 0.1) is 6.54 Å². The average Bonchev–Trinajstić information content (AvgIpc) is 3.03. The van der Waals surface area contributed by atoms with Gasteiger partial charge in [0.15, 0.2) is 11.7 Å². The molecule has 0 spiro atoms. The Morgan fingerprint density at radius 1 is 1.48 bits per heavy atom. The van der Waals surface area contributed by atoms with Crippen LogP contribution in [0.25, 0.3) is 0 Å². The molecule has 0 bridgehead atoms. The van der Waals surface area contributed by atoms with E-state index < -0.39 is 11.9 Å². The first kappa shape index (κ1) is 23.9. The van der Waals surface area contributed by atoms with Crippen molar-refractivity contribution in [3.05, 3.63) is 16.1 Å². The van der Waals surface area contributed by atoms with Crippen molar-refractivity contribution < 1.29 is 18.0 Å². The summed E-state index contributed by atoms with van der Waals surface area (Å²) < 4.78 is 38.0. The van der Waals surface area contributed by atoms with Crippen molar-refractivity contribution in [1.29, 1.82) is 0 Å². The quantitative estimate of drug-likeness (QED) is 0.378. The number of carbonyl (C=O) groups is 1. The monoisotopic (exact) mass is 519 g/mol. The molecule has 154 valence electrons. The van der Waals surface area contributed by atoms with Gasteiger partial charge < -0.3 is 15.1 Å². The van der Waals surface area contributed by atoms with Crippen molar-refractivity contribution in [3.63, 3.8) is 0 Å². The molecule has 2 rings (SSSR count). The number of likely N-dealkylation sites (tertiary alicyclic amines) is 1. The average molecular weight is 519 g/mol. The molecule has 2 heterocycles. The number of guanidine groups is 1. The topological polar surface area (TPSA) is 60.8 Å². The predicted octanol–water partition coefficient (Wildman–Crippen LogP) is 3.05. The molecule has 1 aromatic heterocycles. The van der Waals surface area contributed by atoms with Crippen molar-refractivity contribution in [3.8, 4) is 0 Å². The highest BCUT2D eigenvalue weighted by Gasteiger charge is 2.33. The summed E-state index contributed by atoms with van der Waals surface area (Å²) in [6.45, 7) is 3.88. The molecular weight excluding hydrogens is 494 g/mol. The number of carbonyl (C=O) groups excluding carboxylic acids is 1. The number of thiazole rings is 1. The maximum atomic E-state index is 12.7. The number of halogens is 4. The smallest absolute Gasteiger partial charge is 0.350 e. The van der Waals surface area contributed by atoms with E-state index in [0.717, 1.165) is 42.6 Å². The van der Waals surface area contributed by atoms with Gasteiger partial charge in [0.25, 0.3) is 0 Å². The molecule has 0 saturated carbocycles. The predicted molar refractivity (Wildman–Crippen MR) is 110 cm³/mol. The second-order valence-corrected chi connectivity index (χ2v) is 7.54. The number of piperidine rings is 1. The largest absolute Gasteiger partial charge is 0.434 e. The van der Waals surface area contributed by atoms with Crippen LogP contribution in [0.2, 0.25) is 0 Å². The fourth-order valence-electron chi connectivity index (χ4n) is 2.61. The van der Waals surface area contributed by atoms with E-state index >= 15 is 0 Å². The first-order valence-electron chi connectivity index (χ1n) is 8.42. The van der Waals surface area contributed by atoms with E-state index in [0.29, 0.717) is 16.9 Å². The number of nitrogens with zero attached hydrogens (tertiary/aromatic N) is 4. The van der Waals surface area contributed by atoms with Gasteiger partial charge >= 0.3 is 6.18 Å². The third kappa shape index (κ3) is 7.43. The molecule has 27 heavy (non-hydrogen) atoms. The number of aromatic nitrogens is 1. The zero-order valence-electron chi connectivity index (χ0n) is 15.5. The van der Waals surface area contributed by atoms with Crippen LogP contribution in [-0.4, -0.2) is 60.4 Å². The van der Waals surface area contributed by atoms with Crippen LogP contribution in [0.3, 0.4) is 0 Å². The number of amides is 1. The molecule has 6 nitrogen and oxygen atoms in total. The number of alkyl halides is 3. The van der Waals surface area contributed by atoms with Gasteiger partial charge in [-0.25, -0.2) is 9.98 Å². The summed E-state index contributed by atoms with van der Waals surface area (Å²) in [6, 6.07) is 0. The Hall–Kier alpha value is -1.11. The maximum Gasteiger partial charge on any atom is 0.434 e. The lowest BCUT2D eigenvalue weighted by Gasteiger charge is -2.33. The van der Waals surface area contributed by atoms with E-state index in [1.54, 1.807) is 14.1 Å². The third-order valence-corrected chi connectivity index (χ3v) is 4.91. The van der Waals surface area contributed by atoms with Gasteiger partial charge in [0.2, 0.25) is 5.91 Å². The molecule has 11 heteroatoms. The Morgan fingerprint density at radius 3 is 2.74 bits per heavy atom. The van der Waals surface area contributed by atoms with Crippen LogP contribution < -0.4 is 5.32 Å². The summed E-state index contributed by atoms with van der Waals surface area (Å²) in [5.74, 6) is 0.899. The second kappa shape index (κ2) is 10.4. The van der Waals surface area contributed by atoms with Crippen LogP contribution in [0, 0.1) is 5.92 Å². The Balaban J connectivity index is 0.00000364. The minimum atomic E-state index is -4.44.